The van der Waals surface area contributed by atoms with Crippen molar-refractivity contribution < 1.29 is 4.74 Å². The quantitative estimate of drug-likeness (QED) is 0.394. The topological polar surface area (TPSA) is 58.5 Å². The standard InChI is InChI=1S/C17H28N4O.HI/c1-4-17(9-7-10-17)13-21-16(18-3)20-12-14-8-6-11-19-15(14)22-5-2;/h6,8,11H,4-5,7,9-10,12-13H2,1-3H3,(H2,18,20,21);1H. The zero-order chi connectivity index (χ0) is 15.8. The van der Waals surface area contributed by atoms with Crippen LogP contribution in [0.2, 0.25) is 0 Å². The number of hydrogen-bond acceptors (Lipinski definition) is 3. The minimum atomic E-state index is 0. The van der Waals surface area contributed by atoms with Gasteiger partial charge in [0.25, 0.3) is 0 Å². The molecule has 0 aliphatic heterocycles. The molecule has 0 bridgehead atoms. The van der Waals surface area contributed by atoms with E-state index in [9.17, 15) is 0 Å². The Morgan fingerprint density at radius 1 is 1.35 bits per heavy atom. The first-order valence-corrected chi connectivity index (χ1v) is 8.24. The molecule has 0 spiro atoms. The molecule has 1 aromatic heterocycles. The van der Waals surface area contributed by atoms with Crippen LogP contribution in [0, 0.1) is 5.41 Å². The lowest BCUT2D eigenvalue weighted by atomic mass is 9.67. The van der Waals surface area contributed by atoms with Gasteiger partial charge in [-0.05, 0) is 37.7 Å². The van der Waals surface area contributed by atoms with Crippen LogP contribution in [0.1, 0.15) is 45.1 Å². The first-order chi connectivity index (χ1) is 10.7. The molecule has 0 saturated heterocycles. The van der Waals surface area contributed by atoms with Crippen molar-refractivity contribution in [2.24, 2.45) is 10.4 Å². The third-order valence-electron chi connectivity index (χ3n) is 4.60. The van der Waals surface area contributed by atoms with Gasteiger partial charge in [-0.2, -0.15) is 0 Å². The van der Waals surface area contributed by atoms with Gasteiger partial charge in [0.05, 0.1) is 6.61 Å². The van der Waals surface area contributed by atoms with Crippen molar-refractivity contribution in [2.75, 3.05) is 20.2 Å². The minimum absolute atomic E-state index is 0. The fraction of sp³-hybridized carbons (Fsp3) is 0.647. The number of ether oxygens (including phenoxy) is 1. The third kappa shape index (κ3) is 5.51. The number of pyridine rings is 1. The molecule has 1 aliphatic carbocycles. The molecule has 0 amide bonds. The third-order valence-corrected chi connectivity index (χ3v) is 4.60. The van der Waals surface area contributed by atoms with Crippen molar-refractivity contribution in [3.05, 3.63) is 23.9 Å². The highest BCUT2D eigenvalue weighted by Gasteiger charge is 2.34. The van der Waals surface area contributed by atoms with Gasteiger partial charge < -0.3 is 15.4 Å². The predicted octanol–water partition coefficient (Wildman–Crippen LogP) is 3.34. The number of guanidine groups is 1. The van der Waals surface area contributed by atoms with Crippen LogP contribution < -0.4 is 15.4 Å². The summed E-state index contributed by atoms with van der Waals surface area (Å²) in [6.45, 7) is 6.52. The summed E-state index contributed by atoms with van der Waals surface area (Å²) in [7, 11) is 1.81. The van der Waals surface area contributed by atoms with Crippen LogP contribution >= 0.6 is 24.0 Å². The largest absolute Gasteiger partial charge is 0.478 e. The van der Waals surface area contributed by atoms with Crippen LogP contribution in [0.4, 0.5) is 0 Å². The molecule has 1 saturated carbocycles. The molecular formula is C17H29IN4O. The van der Waals surface area contributed by atoms with E-state index in [1.54, 1.807) is 13.2 Å². The number of halogens is 1. The predicted molar refractivity (Wildman–Crippen MR) is 106 cm³/mol. The molecule has 2 rings (SSSR count). The summed E-state index contributed by atoms with van der Waals surface area (Å²) in [5.41, 5.74) is 1.52. The van der Waals surface area contributed by atoms with Crippen molar-refractivity contribution in [3.8, 4) is 5.88 Å². The lowest BCUT2D eigenvalue weighted by molar-refractivity contribution is 0.131. The molecule has 1 aromatic rings. The highest BCUT2D eigenvalue weighted by atomic mass is 127. The van der Waals surface area contributed by atoms with Gasteiger partial charge in [0.1, 0.15) is 0 Å². The molecule has 23 heavy (non-hydrogen) atoms. The Morgan fingerprint density at radius 3 is 2.70 bits per heavy atom. The van der Waals surface area contributed by atoms with Crippen molar-refractivity contribution in [2.45, 2.75) is 46.1 Å². The molecule has 1 heterocycles. The molecule has 5 nitrogen and oxygen atoms in total. The maximum atomic E-state index is 5.55. The smallest absolute Gasteiger partial charge is 0.218 e. The van der Waals surface area contributed by atoms with Gasteiger partial charge in [0.15, 0.2) is 5.96 Å². The van der Waals surface area contributed by atoms with Crippen LogP contribution in [0.5, 0.6) is 5.88 Å². The number of aliphatic imine (C=N–C) groups is 1. The van der Waals surface area contributed by atoms with E-state index in [1.807, 2.05) is 19.1 Å². The number of nitrogens with one attached hydrogen (secondary N) is 2. The molecule has 6 heteroatoms. The fourth-order valence-corrected chi connectivity index (χ4v) is 2.83. The maximum Gasteiger partial charge on any atom is 0.218 e. The molecular weight excluding hydrogens is 403 g/mol. The second kappa shape index (κ2) is 9.95. The van der Waals surface area contributed by atoms with Crippen molar-refractivity contribution in [1.82, 2.24) is 15.6 Å². The van der Waals surface area contributed by atoms with E-state index in [-0.39, 0.29) is 24.0 Å². The van der Waals surface area contributed by atoms with Gasteiger partial charge >= 0.3 is 0 Å². The summed E-state index contributed by atoms with van der Waals surface area (Å²) >= 11 is 0. The van der Waals surface area contributed by atoms with Crippen LogP contribution in [0.25, 0.3) is 0 Å². The second-order valence-electron chi connectivity index (χ2n) is 5.89. The number of aromatic nitrogens is 1. The lowest BCUT2D eigenvalue weighted by Crippen LogP contribution is -2.46. The molecule has 0 atom stereocenters. The Hall–Kier alpha value is -1.05. The van der Waals surface area contributed by atoms with Gasteiger partial charge in [-0.25, -0.2) is 4.98 Å². The summed E-state index contributed by atoms with van der Waals surface area (Å²) in [4.78, 5) is 8.58. The average Bonchev–Trinajstić information content (AvgIpc) is 2.51. The van der Waals surface area contributed by atoms with E-state index in [0.29, 0.717) is 24.4 Å². The first-order valence-electron chi connectivity index (χ1n) is 8.24. The summed E-state index contributed by atoms with van der Waals surface area (Å²) in [5.74, 6) is 1.53. The molecule has 130 valence electrons. The minimum Gasteiger partial charge on any atom is -0.478 e. The van der Waals surface area contributed by atoms with Gasteiger partial charge in [-0.3, -0.25) is 4.99 Å². The highest BCUT2D eigenvalue weighted by Crippen LogP contribution is 2.42. The van der Waals surface area contributed by atoms with E-state index >= 15 is 0 Å². The van der Waals surface area contributed by atoms with E-state index < -0.39 is 0 Å². The van der Waals surface area contributed by atoms with E-state index in [0.717, 1.165) is 18.1 Å². The van der Waals surface area contributed by atoms with Crippen LogP contribution in [0.15, 0.2) is 23.3 Å². The zero-order valence-electron chi connectivity index (χ0n) is 14.4. The fourth-order valence-electron chi connectivity index (χ4n) is 2.83. The number of rotatable bonds is 7. The Kier molecular flexibility index (Phi) is 8.65. The lowest BCUT2D eigenvalue weighted by Gasteiger charge is -2.41. The molecule has 2 N–H and O–H groups in total. The zero-order valence-corrected chi connectivity index (χ0v) is 16.7. The monoisotopic (exact) mass is 432 g/mol. The summed E-state index contributed by atoms with van der Waals surface area (Å²) in [5, 5.41) is 6.81. The van der Waals surface area contributed by atoms with Gasteiger partial charge in [0.2, 0.25) is 5.88 Å². The Morgan fingerprint density at radius 2 is 2.13 bits per heavy atom. The van der Waals surface area contributed by atoms with Crippen LogP contribution in [-0.4, -0.2) is 31.1 Å². The summed E-state index contributed by atoms with van der Waals surface area (Å²) in [6.07, 6.45) is 6.99. The second-order valence-corrected chi connectivity index (χ2v) is 5.89. The maximum absolute atomic E-state index is 5.55. The summed E-state index contributed by atoms with van der Waals surface area (Å²) < 4.78 is 5.55. The highest BCUT2D eigenvalue weighted by molar-refractivity contribution is 14.0. The Labute approximate surface area is 156 Å². The SMILES string of the molecule is CCOc1ncccc1CNC(=NC)NCC1(CC)CCC1.I. The van der Waals surface area contributed by atoms with Crippen molar-refractivity contribution >= 4 is 29.9 Å². The number of hydrogen-bond donors (Lipinski definition) is 2. The normalized spacial score (nSPS) is 16.0. The van der Waals surface area contributed by atoms with Gasteiger partial charge in [0, 0.05) is 31.9 Å². The van der Waals surface area contributed by atoms with Crippen LogP contribution in [-0.2, 0) is 6.54 Å². The average molecular weight is 432 g/mol. The molecule has 1 fully saturated rings. The number of nitrogens with zero attached hydrogens (tertiary/aromatic N) is 2. The molecule has 0 unspecified atom stereocenters. The van der Waals surface area contributed by atoms with E-state index in [1.165, 1.54) is 25.7 Å². The van der Waals surface area contributed by atoms with Crippen LogP contribution in [0.3, 0.4) is 0 Å². The first kappa shape index (κ1) is 20.0. The Balaban J connectivity index is 0.00000264. The molecule has 0 radical (unpaired) electrons. The van der Waals surface area contributed by atoms with Crippen molar-refractivity contribution in [1.29, 1.82) is 0 Å². The molecule has 1 aliphatic rings. The van der Waals surface area contributed by atoms with Gasteiger partial charge in [-0.15, -0.1) is 24.0 Å². The van der Waals surface area contributed by atoms with E-state index in [2.05, 4.69) is 27.5 Å². The Bertz CT molecular complexity index is 498. The summed E-state index contributed by atoms with van der Waals surface area (Å²) in [6, 6.07) is 3.95. The van der Waals surface area contributed by atoms with Crippen molar-refractivity contribution in [3.63, 3.8) is 0 Å². The van der Waals surface area contributed by atoms with Gasteiger partial charge in [-0.1, -0.05) is 19.4 Å². The van der Waals surface area contributed by atoms with E-state index in [4.69, 9.17) is 4.74 Å². The molecule has 0 aromatic carbocycles.